The molecule has 0 radical (unpaired) electrons. The molecule has 2 rings (SSSR count). The van der Waals surface area contributed by atoms with Crippen molar-refractivity contribution in [2.75, 3.05) is 13.7 Å². The highest BCUT2D eigenvalue weighted by Crippen LogP contribution is 2.29. The molecule has 0 aliphatic heterocycles. The van der Waals surface area contributed by atoms with Gasteiger partial charge in [0.25, 0.3) is 0 Å². The Morgan fingerprint density at radius 3 is 2.60 bits per heavy atom. The quantitative estimate of drug-likeness (QED) is 0.403. The van der Waals surface area contributed by atoms with E-state index in [9.17, 15) is 0 Å². The molecule has 2 N–H and O–H groups in total. The summed E-state index contributed by atoms with van der Waals surface area (Å²) in [6, 6.07) is 13.7. The van der Waals surface area contributed by atoms with Gasteiger partial charge in [-0.2, -0.15) is 5.10 Å². The molecule has 0 saturated heterocycles. The second-order valence-corrected chi connectivity index (χ2v) is 6.33. The van der Waals surface area contributed by atoms with Gasteiger partial charge in [0.2, 0.25) is 0 Å². The first kappa shape index (κ1) is 19.2. The van der Waals surface area contributed by atoms with Crippen LogP contribution in [0.4, 0.5) is 0 Å². The summed E-state index contributed by atoms with van der Waals surface area (Å²) in [6.45, 7) is 2.96. The normalized spacial score (nSPS) is 10.5. The summed E-state index contributed by atoms with van der Waals surface area (Å²) in [7, 11) is 1.73. The highest BCUT2D eigenvalue weighted by Gasteiger charge is 2.06. The van der Waals surface area contributed by atoms with E-state index in [1.54, 1.807) is 13.3 Å². The van der Waals surface area contributed by atoms with Crippen LogP contribution in [-0.4, -0.2) is 25.0 Å². The van der Waals surface area contributed by atoms with E-state index in [0.717, 1.165) is 15.6 Å². The van der Waals surface area contributed by atoms with E-state index >= 15 is 0 Å². The smallest absolute Gasteiger partial charge is 0.186 e. The standard InChI is InChI=1S/C18H20BrN3O2S/c1-3-23-17-10-14(11-21-22-18(25)20-2)6-9-16(17)24-12-13-4-7-15(19)8-5-13/h4-11H,3,12H2,1-2H3,(H2,20,22,25)/b21-11-. The summed E-state index contributed by atoms with van der Waals surface area (Å²) in [4.78, 5) is 0. The van der Waals surface area contributed by atoms with Crippen molar-refractivity contribution in [3.63, 3.8) is 0 Å². The Morgan fingerprint density at radius 2 is 1.92 bits per heavy atom. The summed E-state index contributed by atoms with van der Waals surface area (Å²) in [6.07, 6.45) is 1.67. The van der Waals surface area contributed by atoms with Crippen LogP contribution in [0.5, 0.6) is 11.5 Å². The number of nitrogens with one attached hydrogen (secondary N) is 2. The second kappa shape index (κ2) is 10.0. The number of thiocarbonyl (C=S) groups is 1. The molecule has 2 aromatic carbocycles. The minimum Gasteiger partial charge on any atom is -0.490 e. The lowest BCUT2D eigenvalue weighted by Crippen LogP contribution is -2.28. The molecule has 7 heteroatoms. The Morgan fingerprint density at radius 1 is 1.16 bits per heavy atom. The topological polar surface area (TPSA) is 54.9 Å². The molecule has 132 valence electrons. The van der Waals surface area contributed by atoms with Gasteiger partial charge < -0.3 is 14.8 Å². The maximum absolute atomic E-state index is 5.90. The van der Waals surface area contributed by atoms with Crippen LogP contribution in [0, 0.1) is 0 Å². The zero-order chi connectivity index (χ0) is 18.1. The van der Waals surface area contributed by atoms with E-state index in [0.29, 0.717) is 29.8 Å². The average Bonchev–Trinajstić information content (AvgIpc) is 2.62. The fourth-order valence-electron chi connectivity index (χ4n) is 1.96. The first-order chi connectivity index (χ1) is 12.1. The van der Waals surface area contributed by atoms with Gasteiger partial charge in [0, 0.05) is 11.5 Å². The minimum atomic E-state index is 0.454. The number of hydrogen-bond acceptors (Lipinski definition) is 4. The van der Waals surface area contributed by atoms with Crippen molar-refractivity contribution in [1.29, 1.82) is 0 Å². The first-order valence-corrected chi connectivity index (χ1v) is 8.97. The zero-order valence-corrected chi connectivity index (χ0v) is 16.5. The Labute approximate surface area is 161 Å². The molecule has 0 amide bonds. The van der Waals surface area contributed by atoms with Crippen LogP contribution in [0.2, 0.25) is 0 Å². The van der Waals surface area contributed by atoms with Gasteiger partial charge in [0.05, 0.1) is 12.8 Å². The molecule has 0 aliphatic carbocycles. The Balaban J connectivity index is 2.06. The molecule has 0 bridgehead atoms. The maximum atomic E-state index is 5.90. The van der Waals surface area contributed by atoms with Crippen molar-refractivity contribution in [1.82, 2.24) is 10.7 Å². The van der Waals surface area contributed by atoms with E-state index in [2.05, 4.69) is 31.8 Å². The van der Waals surface area contributed by atoms with Crippen LogP contribution in [0.25, 0.3) is 0 Å². The number of hydrazone groups is 1. The predicted molar refractivity (Wildman–Crippen MR) is 108 cm³/mol. The summed E-state index contributed by atoms with van der Waals surface area (Å²) in [5, 5.41) is 7.31. The molecule has 5 nitrogen and oxygen atoms in total. The Bertz CT molecular complexity index is 736. The van der Waals surface area contributed by atoms with Crippen LogP contribution in [-0.2, 0) is 6.61 Å². The lowest BCUT2D eigenvalue weighted by Gasteiger charge is -2.12. The third kappa shape index (κ3) is 6.36. The number of ether oxygens (including phenoxy) is 2. The number of benzene rings is 2. The molecular formula is C18H20BrN3O2S. The van der Waals surface area contributed by atoms with E-state index in [1.807, 2.05) is 49.4 Å². The Kier molecular flexibility index (Phi) is 7.69. The summed E-state index contributed by atoms with van der Waals surface area (Å²) < 4.78 is 12.6. The van der Waals surface area contributed by atoms with E-state index in [1.165, 1.54) is 0 Å². The van der Waals surface area contributed by atoms with E-state index in [4.69, 9.17) is 21.7 Å². The van der Waals surface area contributed by atoms with Crippen LogP contribution in [0.15, 0.2) is 52.0 Å². The Hall–Kier alpha value is -2.12. The summed E-state index contributed by atoms with van der Waals surface area (Å²) in [5.41, 5.74) is 4.68. The predicted octanol–water partition coefficient (Wildman–Crippen LogP) is 3.85. The molecule has 0 atom stereocenters. The van der Waals surface area contributed by atoms with E-state index in [-0.39, 0.29) is 0 Å². The molecule has 0 saturated carbocycles. The fraction of sp³-hybridized carbons (Fsp3) is 0.222. The van der Waals surface area contributed by atoms with Gasteiger partial charge in [-0.25, -0.2) is 0 Å². The van der Waals surface area contributed by atoms with Gasteiger partial charge in [0.15, 0.2) is 16.6 Å². The molecule has 0 fully saturated rings. The lowest BCUT2D eigenvalue weighted by molar-refractivity contribution is 0.269. The van der Waals surface area contributed by atoms with Gasteiger partial charge in [-0.05, 0) is 60.6 Å². The van der Waals surface area contributed by atoms with Crippen molar-refractivity contribution < 1.29 is 9.47 Å². The average molecular weight is 422 g/mol. The minimum absolute atomic E-state index is 0.454. The van der Waals surface area contributed by atoms with Crippen LogP contribution in [0.3, 0.4) is 0 Å². The van der Waals surface area contributed by atoms with Gasteiger partial charge in [0.1, 0.15) is 6.61 Å². The van der Waals surface area contributed by atoms with E-state index < -0.39 is 0 Å². The monoisotopic (exact) mass is 421 g/mol. The number of rotatable bonds is 7. The summed E-state index contributed by atoms with van der Waals surface area (Å²) >= 11 is 8.39. The van der Waals surface area contributed by atoms with Crippen molar-refractivity contribution in [3.05, 3.63) is 58.1 Å². The second-order valence-electron chi connectivity index (χ2n) is 5.00. The first-order valence-electron chi connectivity index (χ1n) is 7.77. The SMILES string of the molecule is CCOc1cc(/C=N\NC(=S)NC)ccc1OCc1ccc(Br)cc1. The van der Waals surface area contributed by atoms with Gasteiger partial charge in [-0.15, -0.1) is 0 Å². The number of hydrogen-bond donors (Lipinski definition) is 2. The molecule has 0 unspecified atom stereocenters. The molecule has 0 aliphatic rings. The largest absolute Gasteiger partial charge is 0.490 e. The molecule has 2 aromatic rings. The lowest BCUT2D eigenvalue weighted by atomic mass is 10.2. The van der Waals surface area contributed by atoms with Gasteiger partial charge >= 0.3 is 0 Å². The van der Waals surface area contributed by atoms with Gasteiger partial charge in [-0.3, -0.25) is 5.43 Å². The fourth-order valence-corrected chi connectivity index (χ4v) is 2.27. The number of nitrogens with zero attached hydrogens (tertiary/aromatic N) is 1. The number of halogens is 1. The van der Waals surface area contributed by atoms with Crippen molar-refractivity contribution in [2.45, 2.75) is 13.5 Å². The third-order valence-electron chi connectivity index (χ3n) is 3.18. The molecule has 0 heterocycles. The molecule has 25 heavy (non-hydrogen) atoms. The summed E-state index contributed by atoms with van der Waals surface area (Å²) in [5.74, 6) is 1.38. The molecule has 0 spiro atoms. The van der Waals surface area contributed by atoms with Gasteiger partial charge in [-0.1, -0.05) is 28.1 Å². The molecule has 0 aromatic heterocycles. The molecular weight excluding hydrogens is 402 g/mol. The maximum Gasteiger partial charge on any atom is 0.186 e. The van der Waals surface area contributed by atoms with Crippen LogP contribution in [0.1, 0.15) is 18.1 Å². The van der Waals surface area contributed by atoms with Crippen LogP contribution < -0.4 is 20.2 Å². The highest BCUT2D eigenvalue weighted by atomic mass is 79.9. The third-order valence-corrected chi connectivity index (χ3v) is 4.01. The highest BCUT2D eigenvalue weighted by molar-refractivity contribution is 9.10. The van der Waals surface area contributed by atoms with Crippen molar-refractivity contribution in [3.8, 4) is 11.5 Å². The van der Waals surface area contributed by atoms with Crippen LogP contribution >= 0.6 is 28.1 Å². The van der Waals surface area contributed by atoms with Crippen molar-refractivity contribution in [2.24, 2.45) is 5.10 Å². The van der Waals surface area contributed by atoms with Crippen molar-refractivity contribution >= 4 is 39.5 Å². The zero-order valence-electron chi connectivity index (χ0n) is 14.1.